The lowest BCUT2D eigenvalue weighted by Gasteiger charge is -2.07. The highest BCUT2D eigenvalue weighted by Crippen LogP contribution is 2.22. The Morgan fingerprint density at radius 1 is 1.04 bits per heavy atom. The third kappa shape index (κ3) is 5.39. The number of rotatable bonds is 6. The van der Waals surface area contributed by atoms with Crippen molar-refractivity contribution in [3.63, 3.8) is 0 Å². The number of benzene rings is 2. The zero-order chi connectivity index (χ0) is 19.6. The van der Waals surface area contributed by atoms with Crippen LogP contribution in [-0.4, -0.2) is 30.8 Å². The van der Waals surface area contributed by atoms with Crippen molar-refractivity contribution in [3.05, 3.63) is 60.8 Å². The summed E-state index contributed by atoms with van der Waals surface area (Å²) in [6.45, 7) is 2.97. The van der Waals surface area contributed by atoms with Crippen molar-refractivity contribution < 1.29 is 14.3 Å². The minimum absolute atomic E-state index is 0.220. The van der Waals surface area contributed by atoms with Crippen LogP contribution >= 0.6 is 0 Å². The molecule has 3 rings (SSSR count). The van der Waals surface area contributed by atoms with Gasteiger partial charge in [0.15, 0.2) is 0 Å². The summed E-state index contributed by atoms with van der Waals surface area (Å²) in [6.07, 6.45) is 1.73. The van der Waals surface area contributed by atoms with E-state index in [1.54, 1.807) is 30.5 Å². The van der Waals surface area contributed by atoms with Crippen LogP contribution in [0.3, 0.4) is 0 Å². The van der Waals surface area contributed by atoms with Gasteiger partial charge in [-0.15, -0.1) is 0 Å². The van der Waals surface area contributed by atoms with Gasteiger partial charge in [-0.2, -0.15) is 0 Å². The van der Waals surface area contributed by atoms with Crippen LogP contribution in [0.5, 0.6) is 11.5 Å². The molecule has 0 bridgehead atoms. The molecule has 2 N–H and O–H groups in total. The van der Waals surface area contributed by atoms with Crippen molar-refractivity contribution in [1.82, 2.24) is 10.3 Å². The molecule has 0 aliphatic rings. The predicted octanol–water partition coefficient (Wildman–Crippen LogP) is 3.84. The molecule has 0 aliphatic heterocycles. The Bertz CT molecular complexity index is 986. The molecule has 142 valence electrons. The Hall–Kier alpha value is -3.72. The molecule has 0 spiro atoms. The van der Waals surface area contributed by atoms with Crippen LogP contribution in [0, 0.1) is 11.8 Å². The molecule has 0 saturated carbocycles. The van der Waals surface area contributed by atoms with Crippen LogP contribution in [0.25, 0.3) is 10.9 Å². The van der Waals surface area contributed by atoms with Gasteiger partial charge in [-0.05, 0) is 43.3 Å². The van der Waals surface area contributed by atoms with Crippen molar-refractivity contribution >= 4 is 22.6 Å². The first kappa shape index (κ1) is 19.1. The van der Waals surface area contributed by atoms with E-state index >= 15 is 0 Å². The molecule has 3 aromatic rings. The number of carbonyl (C=O) groups excluding carboxylic acids is 1. The molecule has 2 amide bonds. The molecule has 0 unspecified atom stereocenters. The second-order valence-electron chi connectivity index (χ2n) is 5.74. The highest BCUT2D eigenvalue weighted by atomic mass is 16.5. The Labute approximate surface area is 163 Å². The topological polar surface area (TPSA) is 72.5 Å². The van der Waals surface area contributed by atoms with Gasteiger partial charge in [-0.25, -0.2) is 4.79 Å². The van der Waals surface area contributed by atoms with Crippen molar-refractivity contribution in [2.24, 2.45) is 0 Å². The molecule has 0 aliphatic carbocycles. The zero-order valence-electron chi connectivity index (χ0n) is 15.6. The quantitative estimate of drug-likeness (QED) is 0.642. The lowest BCUT2D eigenvalue weighted by Crippen LogP contribution is -2.28. The first-order valence-corrected chi connectivity index (χ1v) is 8.96. The SMILES string of the molecule is CCOc1ccc(NC(=O)NCC#CCOc2cccc3cccnc23)cc1. The molecule has 0 fully saturated rings. The Kier molecular flexibility index (Phi) is 6.69. The van der Waals surface area contributed by atoms with Gasteiger partial charge in [0.05, 0.1) is 13.2 Å². The Morgan fingerprint density at radius 2 is 1.86 bits per heavy atom. The highest BCUT2D eigenvalue weighted by Gasteiger charge is 2.02. The summed E-state index contributed by atoms with van der Waals surface area (Å²) >= 11 is 0. The number of ether oxygens (including phenoxy) is 2. The van der Waals surface area contributed by atoms with Gasteiger partial charge in [-0.3, -0.25) is 4.98 Å². The number of hydrogen-bond donors (Lipinski definition) is 2. The van der Waals surface area contributed by atoms with Crippen molar-refractivity contribution in [3.8, 4) is 23.3 Å². The van der Waals surface area contributed by atoms with Gasteiger partial charge in [0, 0.05) is 17.3 Å². The second kappa shape index (κ2) is 9.83. The molecule has 0 atom stereocenters. The minimum atomic E-state index is -0.322. The molecule has 6 heteroatoms. The van der Waals surface area contributed by atoms with Gasteiger partial charge in [0.1, 0.15) is 23.6 Å². The number of anilines is 1. The molecule has 2 aromatic carbocycles. The standard InChI is InChI=1S/C22H21N3O3/c1-2-27-19-12-10-18(11-13-19)25-22(26)24-14-3-4-16-28-20-9-5-7-17-8-6-15-23-21(17)20/h5-13,15H,2,14,16H2,1H3,(H2,24,25,26). The Balaban J connectivity index is 1.41. The maximum Gasteiger partial charge on any atom is 0.319 e. The molecule has 0 saturated heterocycles. The number of aromatic nitrogens is 1. The lowest BCUT2D eigenvalue weighted by atomic mass is 10.2. The van der Waals surface area contributed by atoms with Gasteiger partial charge < -0.3 is 20.1 Å². The van der Waals surface area contributed by atoms with Crippen LogP contribution in [0.2, 0.25) is 0 Å². The van der Waals surface area contributed by atoms with Crippen molar-refractivity contribution in [2.75, 3.05) is 25.1 Å². The number of hydrogen-bond acceptors (Lipinski definition) is 4. The predicted molar refractivity (Wildman–Crippen MR) is 110 cm³/mol. The summed E-state index contributed by atoms with van der Waals surface area (Å²) in [4.78, 5) is 16.2. The summed E-state index contributed by atoms with van der Waals surface area (Å²) in [5, 5.41) is 6.43. The van der Waals surface area contributed by atoms with Crippen LogP contribution in [0.4, 0.5) is 10.5 Å². The normalized spacial score (nSPS) is 9.89. The summed E-state index contributed by atoms with van der Waals surface area (Å²) in [6, 6.07) is 16.5. The third-order valence-corrected chi connectivity index (χ3v) is 3.78. The molecule has 0 radical (unpaired) electrons. The van der Waals surface area contributed by atoms with E-state index in [1.807, 2.05) is 37.3 Å². The number of pyridine rings is 1. The molecule has 6 nitrogen and oxygen atoms in total. The number of nitrogens with zero attached hydrogens (tertiary/aromatic N) is 1. The monoisotopic (exact) mass is 375 g/mol. The van der Waals surface area contributed by atoms with Crippen LogP contribution < -0.4 is 20.1 Å². The van der Waals surface area contributed by atoms with Crippen LogP contribution in [0.1, 0.15) is 6.92 Å². The van der Waals surface area contributed by atoms with Gasteiger partial charge in [0.25, 0.3) is 0 Å². The molecule has 1 heterocycles. The second-order valence-corrected chi connectivity index (χ2v) is 5.74. The Morgan fingerprint density at radius 3 is 2.68 bits per heavy atom. The first-order chi connectivity index (χ1) is 13.8. The molecular weight excluding hydrogens is 354 g/mol. The van der Waals surface area contributed by atoms with Gasteiger partial charge >= 0.3 is 6.03 Å². The first-order valence-electron chi connectivity index (χ1n) is 8.96. The summed E-state index contributed by atoms with van der Waals surface area (Å²) in [5.74, 6) is 7.19. The van der Waals surface area contributed by atoms with Crippen molar-refractivity contribution in [2.45, 2.75) is 6.92 Å². The number of carbonyl (C=O) groups is 1. The van der Waals surface area contributed by atoms with Gasteiger partial charge in [0.2, 0.25) is 0 Å². The minimum Gasteiger partial charge on any atom is -0.494 e. The highest BCUT2D eigenvalue weighted by molar-refractivity contribution is 5.89. The summed E-state index contributed by atoms with van der Waals surface area (Å²) in [5.41, 5.74) is 1.49. The number of para-hydroxylation sites is 1. The molecule has 1 aromatic heterocycles. The van der Waals surface area contributed by atoms with Crippen molar-refractivity contribution in [1.29, 1.82) is 0 Å². The van der Waals surface area contributed by atoms with E-state index in [-0.39, 0.29) is 19.2 Å². The summed E-state index contributed by atoms with van der Waals surface area (Å²) in [7, 11) is 0. The fourth-order valence-corrected chi connectivity index (χ4v) is 2.52. The number of amides is 2. The average molecular weight is 375 g/mol. The molecular formula is C22H21N3O3. The third-order valence-electron chi connectivity index (χ3n) is 3.78. The number of fused-ring (bicyclic) bond motifs is 1. The van der Waals surface area contributed by atoms with Crippen LogP contribution in [-0.2, 0) is 0 Å². The smallest absolute Gasteiger partial charge is 0.319 e. The van der Waals surface area contributed by atoms with E-state index in [0.29, 0.717) is 18.0 Å². The molecule has 28 heavy (non-hydrogen) atoms. The average Bonchev–Trinajstić information content (AvgIpc) is 2.72. The lowest BCUT2D eigenvalue weighted by molar-refractivity contribution is 0.253. The maximum atomic E-state index is 11.9. The largest absolute Gasteiger partial charge is 0.494 e. The fourth-order valence-electron chi connectivity index (χ4n) is 2.52. The maximum absolute atomic E-state index is 11.9. The fraction of sp³-hybridized carbons (Fsp3) is 0.182. The van der Waals surface area contributed by atoms with E-state index < -0.39 is 0 Å². The van der Waals surface area contributed by atoms with E-state index in [9.17, 15) is 4.79 Å². The number of nitrogens with one attached hydrogen (secondary N) is 2. The van der Waals surface area contributed by atoms with Crippen LogP contribution in [0.15, 0.2) is 60.8 Å². The van der Waals surface area contributed by atoms with E-state index in [0.717, 1.165) is 16.7 Å². The van der Waals surface area contributed by atoms with E-state index in [4.69, 9.17) is 9.47 Å². The van der Waals surface area contributed by atoms with Gasteiger partial charge in [-0.1, -0.05) is 30.0 Å². The van der Waals surface area contributed by atoms with E-state index in [1.165, 1.54) is 0 Å². The van der Waals surface area contributed by atoms with E-state index in [2.05, 4.69) is 27.5 Å². The summed E-state index contributed by atoms with van der Waals surface area (Å²) < 4.78 is 11.0. The number of urea groups is 1. The zero-order valence-corrected chi connectivity index (χ0v) is 15.6.